The van der Waals surface area contributed by atoms with Crippen LogP contribution < -0.4 is 5.73 Å². The molecule has 0 fully saturated rings. The molecule has 0 aromatic heterocycles. The van der Waals surface area contributed by atoms with Gasteiger partial charge in [-0.25, -0.2) is 0 Å². The summed E-state index contributed by atoms with van der Waals surface area (Å²) in [6.45, 7) is 0. The molecule has 0 radical (unpaired) electrons. The second-order valence-electron chi connectivity index (χ2n) is 5.72. The van der Waals surface area contributed by atoms with E-state index in [0.29, 0.717) is 16.3 Å². The van der Waals surface area contributed by atoms with Gasteiger partial charge in [0.25, 0.3) is 0 Å². The lowest BCUT2D eigenvalue weighted by Crippen LogP contribution is -2.41. The number of hydrogen-bond acceptors (Lipinski definition) is 5. The summed E-state index contributed by atoms with van der Waals surface area (Å²) in [6, 6.07) is 13.6. The number of halogens is 1. The maximum Gasteiger partial charge on any atom is 0.204 e. The van der Waals surface area contributed by atoms with Crippen molar-refractivity contribution in [1.82, 2.24) is 0 Å². The number of hydrogen-bond donors (Lipinski definition) is 1. The molecule has 2 aliphatic rings. The maximum absolute atomic E-state index is 9.72. The van der Waals surface area contributed by atoms with E-state index in [0.717, 1.165) is 11.3 Å². The van der Waals surface area contributed by atoms with Crippen LogP contribution in [0, 0.1) is 45.3 Å². The van der Waals surface area contributed by atoms with Crippen molar-refractivity contribution < 1.29 is 0 Å². The van der Waals surface area contributed by atoms with Crippen LogP contribution in [-0.4, -0.2) is 11.5 Å². The van der Waals surface area contributed by atoms with Crippen molar-refractivity contribution in [2.75, 3.05) is 11.5 Å². The molecule has 1 heterocycles. The summed E-state index contributed by atoms with van der Waals surface area (Å²) >= 11 is 8.08. The number of nitrogens with zero attached hydrogens (tertiary/aromatic N) is 3. The lowest BCUT2D eigenvalue weighted by atomic mass is 9.61. The number of benzene rings is 1. The molecule has 0 saturated heterocycles. The summed E-state index contributed by atoms with van der Waals surface area (Å²) < 4.78 is 0. The van der Waals surface area contributed by atoms with Crippen LogP contribution in [0.2, 0.25) is 5.02 Å². The lowest BCUT2D eigenvalue weighted by molar-refractivity contribution is 0.476. The molecule has 0 spiro atoms. The predicted molar refractivity (Wildman–Crippen MR) is 93.6 cm³/mol. The molecule has 6 heteroatoms. The monoisotopic (exact) mass is 352 g/mol. The van der Waals surface area contributed by atoms with Gasteiger partial charge in [-0.1, -0.05) is 35.9 Å². The minimum Gasteiger partial charge on any atom is -0.399 e. The van der Waals surface area contributed by atoms with Crippen molar-refractivity contribution in [3.63, 3.8) is 0 Å². The van der Waals surface area contributed by atoms with Gasteiger partial charge in [0.15, 0.2) is 0 Å². The quantitative estimate of drug-likeness (QED) is 0.780. The first-order chi connectivity index (χ1) is 11.6. The molecule has 2 unspecified atom stereocenters. The van der Waals surface area contributed by atoms with E-state index in [1.807, 2.05) is 24.3 Å². The SMILES string of the molecule is N#CC1=C(N)C(C#N)(C#N)C2=CCSCC2C1c1ccccc1Cl. The largest absolute Gasteiger partial charge is 0.399 e. The van der Waals surface area contributed by atoms with Crippen molar-refractivity contribution >= 4 is 23.4 Å². The normalized spacial score (nSPS) is 24.8. The summed E-state index contributed by atoms with van der Waals surface area (Å²) in [7, 11) is 0. The third-order valence-corrected chi connectivity index (χ3v) is 6.00. The van der Waals surface area contributed by atoms with E-state index >= 15 is 0 Å². The van der Waals surface area contributed by atoms with Crippen LogP contribution in [0.25, 0.3) is 0 Å². The van der Waals surface area contributed by atoms with E-state index < -0.39 is 5.41 Å². The molecule has 1 aliphatic heterocycles. The Kier molecular flexibility index (Phi) is 4.29. The number of nitrogens with two attached hydrogens (primary N) is 1. The van der Waals surface area contributed by atoms with Crippen LogP contribution >= 0.6 is 23.4 Å². The van der Waals surface area contributed by atoms with Crippen LogP contribution in [0.15, 0.2) is 47.2 Å². The highest BCUT2D eigenvalue weighted by atomic mass is 35.5. The topological polar surface area (TPSA) is 97.4 Å². The summed E-state index contributed by atoms with van der Waals surface area (Å²) in [5.74, 6) is 0.953. The number of allylic oxidation sites excluding steroid dienone is 2. The van der Waals surface area contributed by atoms with Crippen molar-refractivity contribution in [3.05, 3.63) is 57.8 Å². The summed E-state index contributed by atoms with van der Waals surface area (Å²) in [4.78, 5) is 0. The highest BCUT2D eigenvalue weighted by Gasteiger charge is 2.52. The van der Waals surface area contributed by atoms with Crippen molar-refractivity contribution in [1.29, 1.82) is 15.8 Å². The van der Waals surface area contributed by atoms with E-state index in [-0.39, 0.29) is 23.1 Å². The van der Waals surface area contributed by atoms with Crippen LogP contribution in [0.3, 0.4) is 0 Å². The Hall–Kier alpha value is -2.39. The average molecular weight is 353 g/mol. The maximum atomic E-state index is 9.72. The Morgan fingerprint density at radius 2 is 1.92 bits per heavy atom. The van der Waals surface area contributed by atoms with Gasteiger partial charge < -0.3 is 5.73 Å². The molecule has 2 atom stereocenters. The highest BCUT2D eigenvalue weighted by molar-refractivity contribution is 7.99. The Balaban J connectivity index is 2.34. The van der Waals surface area contributed by atoms with Gasteiger partial charge in [0, 0.05) is 28.4 Å². The van der Waals surface area contributed by atoms with E-state index in [2.05, 4.69) is 18.2 Å². The number of nitriles is 3. The Labute approximate surface area is 149 Å². The summed E-state index contributed by atoms with van der Waals surface area (Å²) in [5, 5.41) is 29.7. The molecule has 4 nitrogen and oxygen atoms in total. The fourth-order valence-corrected chi connectivity index (χ4v) is 4.83. The molecule has 0 saturated carbocycles. The van der Waals surface area contributed by atoms with Crippen LogP contribution in [0.1, 0.15) is 11.5 Å². The molecule has 24 heavy (non-hydrogen) atoms. The van der Waals surface area contributed by atoms with Crippen LogP contribution in [0.4, 0.5) is 0 Å². The first-order valence-electron chi connectivity index (χ1n) is 7.36. The van der Waals surface area contributed by atoms with Crippen LogP contribution in [0.5, 0.6) is 0 Å². The first-order valence-corrected chi connectivity index (χ1v) is 8.89. The zero-order chi connectivity index (χ0) is 17.3. The van der Waals surface area contributed by atoms with E-state index in [9.17, 15) is 15.8 Å². The van der Waals surface area contributed by atoms with Crippen LogP contribution in [-0.2, 0) is 0 Å². The van der Waals surface area contributed by atoms with E-state index in [4.69, 9.17) is 17.3 Å². The lowest BCUT2D eigenvalue weighted by Gasteiger charge is -2.42. The van der Waals surface area contributed by atoms with E-state index in [1.165, 1.54) is 0 Å². The molecular formula is C18H13ClN4S. The van der Waals surface area contributed by atoms with Crippen molar-refractivity contribution in [3.8, 4) is 18.2 Å². The van der Waals surface area contributed by atoms with Gasteiger partial charge in [0.1, 0.15) is 0 Å². The Morgan fingerprint density at radius 1 is 1.21 bits per heavy atom. The zero-order valence-electron chi connectivity index (χ0n) is 12.7. The molecule has 118 valence electrons. The molecule has 1 aromatic carbocycles. The fourth-order valence-electron chi connectivity index (χ4n) is 3.52. The Morgan fingerprint density at radius 3 is 2.54 bits per heavy atom. The van der Waals surface area contributed by atoms with Gasteiger partial charge in [-0.15, -0.1) is 0 Å². The first kappa shape index (κ1) is 16.5. The second-order valence-corrected chi connectivity index (χ2v) is 7.20. The molecule has 2 N–H and O–H groups in total. The fraction of sp³-hybridized carbons (Fsp3) is 0.278. The van der Waals surface area contributed by atoms with Crippen molar-refractivity contribution in [2.24, 2.45) is 17.1 Å². The van der Waals surface area contributed by atoms with Gasteiger partial charge >= 0.3 is 0 Å². The molecule has 1 aromatic rings. The summed E-state index contributed by atoms with van der Waals surface area (Å²) in [6.07, 6.45) is 1.91. The van der Waals surface area contributed by atoms with Gasteiger partial charge in [-0.2, -0.15) is 27.5 Å². The summed E-state index contributed by atoms with van der Waals surface area (Å²) in [5.41, 5.74) is 6.45. The third-order valence-electron chi connectivity index (χ3n) is 4.65. The molecule has 1 aliphatic carbocycles. The zero-order valence-corrected chi connectivity index (χ0v) is 14.2. The van der Waals surface area contributed by atoms with Gasteiger partial charge in [0.2, 0.25) is 5.41 Å². The minimum absolute atomic E-state index is 0.0364. The standard InChI is InChI=1S/C18H13ClN4S/c19-15-4-2-1-3-11(15)16-12(7-20)17(23)18(9-21,10-22)14-5-6-24-8-13(14)16/h1-5,13,16H,6,8,23H2. The number of fused-ring (bicyclic) bond motifs is 1. The predicted octanol–water partition coefficient (Wildman–Crippen LogP) is 3.50. The molecule has 0 bridgehead atoms. The van der Waals surface area contributed by atoms with Gasteiger partial charge in [-0.05, 0) is 17.2 Å². The smallest absolute Gasteiger partial charge is 0.204 e. The molecule has 0 amide bonds. The Bertz CT molecular complexity index is 868. The van der Waals surface area contributed by atoms with Gasteiger partial charge in [0.05, 0.1) is 29.5 Å². The second kappa shape index (κ2) is 6.25. The van der Waals surface area contributed by atoms with Crippen molar-refractivity contribution in [2.45, 2.75) is 5.92 Å². The number of rotatable bonds is 1. The van der Waals surface area contributed by atoms with E-state index in [1.54, 1.807) is 17.8 Å². The minimum atomic E-state index is -1.56. The molecule has 3 rings (SSSR count). The number of thioether (sulfide) groups is 1. The highest BCUT2D eigenvalue weighted by Crippen LogP contribution is 2.54. The molecular weight excluding hydrogens is 340 g/mol. The third kappa shape index (κ3) is 2.20. The van der Waals surface area contributed by atoms with Gasteiger partial charge in [-0.3, -0.25) is 0 Å². The average Bonchev–Trinajstić information content (AvgIpc) is 2.62.